The molecular weight excluding hydrogens is 366 g/mol. The maximum Gasteiger partial charge on any atom is 0.186 e. The monoisotopic (exact) mass is 395 g/mol. The fraction of sp³-hybridized carbons (Fsp3) is 0.409. The van der Waals surface area contributed by atoms with Gasteiger partial charge in [-0.2, -0.15) is 0 Å². The molecule has 28 heavy (non-hydrogen) atoms. The summed E-state index contributed by atoms with van der Waals surface area (Å²) in [4.78, 5) is 13.2. The van der Waals surface area contributed by atoms with Gasteiger partial charge in [0.25, 0.3) is 0 Å². The van der Waals surface area contributed by atoms with Gasteiger partial charge in [0, 0.05) is 36.6 Å². The van der Waals surface area contributed by atoms with E-state index in [0.717, 1.165) is 27.6 Å². The molecule has 1 unspecified atom stereocenters. The summed E-state index contributed by atoms with van der Waals surface area (Å²) in [5, 5.41) is 0.798. The molecule has 0 heterocycles. The van der Waals surface area contributed by atoms with Crippen molar-refractivity contribution in [2.24, 2.45) is 0 Å². The zero-order valence-corrected chi connectivity index (χ0v) is 19.1. The van der Waals surface area contributed by atoms with E-state index in [1.807, 2.05) is 53.7 Å². The molecule has 2 rings (SSSR count). The van der Waals surface area contributed by atoms with Crippen molar-refractivity contribution in [3.05, 3.63) is 46.5 Å². The maximum atomic E-state index is 13.2. The number of hydrogen-bond acceptors (Lipinski definition) is 4. The van der Waals surface area contributed by atoms with Crippen LogP contribution in [0.3, 0.4) is 0 Å². The molecule has 0 aliphatic carbocycles. The van der Waals surface area contributed by atoms with Crippen LogP contribution < -0.4 is 19.5 Å². The molecule has 1 atom stereocenters. The second-order valence-electron chi connectivity index (χ2n) is 6.32. The van der Waals surface area contributed by atoms with E-state index in [1.165, 1.54) is 0 Å². The summed E-state index contributed by atoms with van der Waals surface area (Å²) >= 11 is 0. The van der Waals surface area contributed by atoms with E-state index in [0.29, 0.717) is 37.1 Å². The molecule has 0 bridgehead atoms. The van der Waals surface area contributed by atoms with E-state index in [-0.39, 0.29) is 33.0 Å². The van der Waals surface area contributed by atoms with Gasteiger partial charge in [-0.25, -0.2) is 0 Å². The van der Waals surface area contributed by atoms with Gasteiger partial charge in [-0.15, -0.1) is 0 Å². The van der Waals surface area contributed by atoms with E-state index in [1.54, 1.807) is 0 Å². The number of rotatable bonds is 9. The quantitative estimate of drug-likeness (QED) is 0.461. The van der Waals surface area contributed by atoms with Crippen molar-refractivity contribution in [3.8, 4) is 17.2 Å². The number of aryl methyl sites for hydroxylation is 3. The molecule has 6 heteroatoms. The molecule has 0 aliphatic rings. The molecule has 0 saturated carbocycles. The van der Waals surface area contributed by atoms with Crippen molar-refractivity contribution in [2.75, 3.05) is 19.8 Å². The van der Waals surface area contributed by atoms with Crippen LogP contribution >= 0.6 is 8.58 Å². The van der Waals surface area contributed by atoms with Crippen molar-refractivity contribution in [1.82, 2.24) is 0 Å². The third kappa shape index (κ3) is 6.02. The molecule has 2 aromatic carbocycles. The number of ether oxygens (including phenoxy) is 3. The molecule has 0 fully saturated rings. The Balaban J connectivity index is 0.00000392. The Hall–Kier alpha value is -1.46. The van der Waals surface area contributed by atoms with Crippen LogP contribution in [0.5, 0.6) is 17.2 Å². The minimum absolute atomic E-state index is 0. The topological polar surface area (TPSA) is 44.8 Å². The van der Waals surface area contributed by atoms with Gasteiger partial charge in [-0.05, 0) is 61.3 Å². The fourth-order valence-corrected chi connectivity index (χ4v) is 4.47. The third-order valence-corrected chi connectivity index (χ3v) is 5.31. The number of hydrogen-bond donors (Lipinski definition) is 0. The Kier molecular flexibility index (Phi) is 10.1. The van der Waals surface area contributed by atoms with Crippen LogP contribution in [0.1, 0.15) is 47.8 Å². The molecule has 0 N–H and O–H groups in total. The van der Waals surface area contributed by atoms with Gasteiger partial charge in [0.15, 0.2) is 5.52 Å². The smallest absolute Gasteiger partial charge is 0.186 e. The van der Waals surface area contributed by atoms with Gasteiger partial charge in [0.2, 0.25) is 0 Å². The van der Waals surface area contributed by atoms with Crippen molar-refractivity contribution in [3.63, 3.8) is 0 Å². The van der Waals surface area contributed by atoms with Crippen LogP contribution in [0.15, 0.2) is 24.3 Å². The van der Waals surface area contributed by atoms with Gasteiger partial charge in [0.1, 0.15) is 17.2 Å². The molecule has 4 nitrogen and oxygen atoms in total. The summed E-state index contributed by atoms with van der Waals surface area (Å²) in [5.74, 6) is 2.00. The first kappa shape index (κ1) is 24.6. The molecule has 0 aliphatic heterocycles. The normalized spacial score (nSPS) is 10.6. The number of carbonyl (C=O) groups is 1. The molecular formula is C22H29LiO4P. The Morgan fingerprint density at radius 2 is 1.29 bits per heavy atom. The standard InChI is InChI=1S/C22H29O4P.Li/c1-7-24-17-12-18(25-8-2)21(19(13-17)26-9-3)27-22(23)20-15(5)10-14(4)11-16(20)6;/h10-13,27H,7-9H2,1-6H3;. The van der Waals surface area contributed by atoms with Crippen molar-refractivity contribution < 1.29 is 19.0 Å². The second kappa shape index (κ2) is 11.5. The van der Waals surface area contributed by atoms with Crippen LogP contribution in [0.4, 0.5) is 0 Å². The Morgan fingerprint density at radius 3 is 1.71 bits per heavy atom. The van der Waals surface area contributed by atoms with Gasteiger partial charge in [0.05, 0.1) is 25.1 Å². The van der Waals surface area contributed by atoms with Gasteiger partial charge >= 0.3 is 0 Å². The van der Waals surface area contributed by atoms with Crippen molar-refractivity contribution in [2.45, 2.75) is 41.5 Å². The van der Waals surface area contributed by atoms with Crippen LogP contribution in [0, 0.1) is 20.8 Å². The van der Waals surface area contributed by atoms with E-state index in [4.69, 9.17) is 14.2 Å². The summed E-state index contributed by atoms with van der Waals surface area (Å²) in [6, 6.07) is 7.80. The summed E-state index contributed by atoms with van der Waals surface area (Å²) in [6.45, 7) is 13.4. The van der Waals surface area contributed by atoms with Crippen LogP contribution in [-0.2, 0) is 0 Å². The van der Waals surface area contributed by atoms with Crippen LogP contribution in [0.2, 0.25) is 0 Å². The minimum Gasteiger partial charge on any atom is -0.494 e. The fourth-order valence-electron chi connectivity index (χ4n) is 3.19. The Bertz CT molecular complexity index is 770. The maximum absolute atomic E-state index is 13.2. The predicted molar refractivity (Wildman–Crippen MR) is 119 cm³/mol. The largest absolute Gasteiger partial charge is 0.494 e. The van der Waals surface area contributed by atoms with E-state index < -0.39 is 0 Å². The zero-order valence-electron chi connectivity index (χ0n) is 18.1. The molecule has 0 spiro atoms. The molecule has 2 aromatic rings. The molecule has 1 radical (unpaired) electrons. The molecule has 0 amide bonds. The Morgan fingerprint density at radius 1 is 0.821 bits per heavy atom. The second-order valence-corrected chi connectivity index (χ2v) is 7.53. The van der Waals surface area contributed by atoms with E-state index in [2.05, 4.69) is 12.1 Å². The zero-order chi connectivity index (χ0) is 20.0. The van der Waals surface area contributed by atoms with E-state index >= 15 is 0 Å². The van der Waals surface area contributed by atoms with Gasteiger partial charge in [-0.1, -0.05) is 17.7 Å². The predicted octanol–water partition coefficient (Wildman–Crippen LogP) is 4.57. The molecule has 0 aromatic heterocycles. The van der Waals surface area contributed by atoms with Crippen LogP contribution in [0.25, 0.3) is 0 Å². The average Bonchev–Trinajstić information content (AvgIpc) is 2.57. The molecule has 147 valence electrons. The van der Waals surface area contributed by atoms with Gasteiger partial charge < -0.3 is 14.2 Å². The molecule has 0 saturated heterocycles. The number of benzene rings is 2. The van der Waals surface area contributed by atoms with Gasteiger partial charge in [-0.3, -0.25) is 4.79 Å². The SMILES string of the molecule is CCOc1cc(OCC)c(PC(=O)c2c(C)cc(C)cc2C)c(OCC)c1.[Li]. The van der Waals surface area contributed by atoms with Crippen molar-refractivity contribution in [1.29, 1.82) is 0 Å². The Labute approximate surface area is 182 Å². The first-order chi connectivity index (χ1) is 12.9. The van der Waals surface area contributed by atoms with Crippen LogP contribution in [-0.4, -0.2) is 44.2 Å². The summed E-state index contributed by atoms with van der Waals surface area (Å²) < 4.78 is 17.3. The van der Waals surface area contributed by atoms with Crippen molar-refractivity contribution >= 4 is 38.3 Å². The summed E-state index contributed by atoms with van der Waals surface area (Å²) in [7, 11) is -0.0834. The first-order valence-electron chi connectivity index (χ1n) is 9.36. The number of carbonyl (C=O) groups excluding carboxylic acids is 1. The first-order valence-corrected chi connectivity index (χ1v) is 10.4. The average molecular weight is 395 g/mol. The third-order valence-electron chi connectivity index (χ3n) is 4.09. The summed E-state index contributed by atoms with van der Waals surface area (Å²) in [6.07, 6.45) is 0. The summed E-state index contributed by atoms with van der Waals surface area (Å²) in [5.41, 5.74) is 4.06. The van der Waals surface area contributed by atoms with E-state index in [9.17, 15) is 4.79 Å². The minimum atomic E-state index is -0.0834.